The molecule has 2 N–H and O–H groups in total. The lowest BCUT2D eigenvalue weighted by Gasteiger charge is -2.30. The number of nitrogens with one attached hydrogen (secondary N) is 2. The summed E-state index contributed by atoms with van der Waals surface area (Å²) in [7, 11) is 2.17. The summed E-state index contributed by atoms with van der Waals surface area (Å²) in [5.41, 5.74) is 4.43. The van der Waals surface area contributed by atoms with Crippen molar-refractivity contribution in [1.82, 2.24) is 24.3 Å². The van der Waals surface area contributed by atoms with Crippen molar-refractivity contribution in [2.75, 3.05) is 30.8 Å². The van der Waals surface area contributed by atoms with Crippen molar-refractivity contribution < 1.29 is 0 Å². The molecule has 1 aliphatic rings. The van der Waals surface area contributed by atoms with Gasteiger partial charge in [0.15, 0.2) is 5.65 Å². The average Bonchev–Trinajstić information content (AvgIpc) is 3.31. The summed E-state index contributed by atoms with van der Waals surface area (Å²) in [6, 6.07) is 14.8. The van der Waals surface area contributed by atoms with Gasteiger partial charge in [0.2, 0.25) is 5.95 Å². The Hall–Kier alpha value is -3.67. The number of nitrogens with zero attached hydrogens (tertiary/aromatic N) is 6. The van der Waals surface area contributed by atoms with E-state index < -0.39 is 0 Å². The van der Waals surface area contributed by atoms with Gasteiger partial charge in [-0.3, -0.25) is 4.40 Å². The Kier molecular flexibility index (Phi) is 6.53. The first kappa shape index (κ1) is 23.1. The van der Waals surface area contributed by atoms with Crippen LogP contribution in [-0.4, -0.2) is 50.4 Å². The van der Waals surface area contributed by atoms with Gasteiger partial charge in [-0.15, -0.1) is 0 Å². The number of imidazole rings is 1. The van der Waals surface area contributed by atoms with Crippen molar-refractivity contribution in [3.8, 4) is 17.5 Å². The molecule has 5 rings (SSSR count). The van der Waals surface area contributed by atoms with Crippen LogP contribution >= 0.6 is 11.6 Å². The number of fused-ring (bicyclic) bond motifs is 1. The van der Waals surface area contributed by atoms with Crippen LogP contribution in [0.2, 0.25) is 5.02 Å². The number of likely N-dealkylation sites (tertiary alicyclic amines) is 1. The number of hydrogen-bond donors (Lipinski definition) is 2. The second kappa shape index (κ2) is 9.90. The zero-order chi connectivity index (χ0) is 24.4. The van der Waals surface area contributed by atoms with Crippen LogP contribution < -0.4 is 10.6 Å². The third-order valence-electron chi connectivity index (χ3n) is 6.49. The smallest absolute Gasteiger partial charge is 0.223 e. The van der Waals surface area contributed by atoms with Gasteiger partial charge in [-0.1, -0.05) is 23.7 Å². The molecule has 0 amide bonds. The Labute approximate surface area is 209 Å². The van der Waals surface area contributed by atoms with E-state index in [0.29, 0.717) is 39.6 Å². The van der Waals surface area contributed by atoms with E-state index in [-0.39, 0.29) is 6.04 Å². The summed E-state index contributed by atoms with van der Waals surface area (Å²) in [6.45, 7) is 4.32. The van der Waals surface area contributed by atoms with Crippen molar-refractivity contribution in [2.24, 2.45) is 0 Å². The van der Waals surface area contributed by atoms with Crippen molar-refractivity contribution in [1.29, 1.82) is 5.26 Å². The van der Waals surface area contributed by atoms with Crippen LogP contribution in [-0.2, 0) is 0 Å². The molecule has 0 aliphatic carbocycles. The van der Waals surface area contributed by atoms with E-state index in [9.17, 15) is 5.26 Å². The average molecular weight is 487 g/mol. The highest BCUT2D eigenvalue weighted by molar-refractivity contribution is 6.33. The fourth-order valence-corrected chi connectivity index (χ4v) is 4.63. The van der Waals surface area contributed by atoms with Gasteiger partial charge in [0.25, 0.3) is 0 Å². The molecule has 9 heteroatoms. The van der Waals surface area contributed by atoms with Gasteiger partial charge in [-0.05, 0) is 69.7 Å². The molecule has 0 unspecified atom stereocenters. The van der Waals surface area contributed by atoms with Crippen molar-refractivity contribution >= 4 is 28.9 Å². The molecule has 35 heavy (non-hydrogen) atoms. The highest BCUT2D eigenvalue weighted by atomic mass is 35.5. The molecule has 0 radical (unpaired) electrons. The topological polar surface area (TPSA) is 94.2 Å². The maximum absolute atomic E-state index is 9.64. The van der Waals surface area contributed by atoms with Crippen LogP contribution in [0.5, 0.6) is 0 Å². The number of hydrogen-bond acceptors (Lipinski definition) is 7. The van der Waals surface area contributed by atoms with Crippen LogP contribution in [0.4, 0.5) is 11.6 Å². The van der Waals surface area contributed by atoms with E-state index in [1.807, 2.05) is 16.7 Å². The lowest BCUT2D eigenvalue weighted by molar-refractivity contribution is 0.264. The largest absolute Gasteiger partial charge is 0.382 e. The maximum atomic E-state index is 9.64. The molecule has 1 saturated heterocycles. The summed E-state index contributed by atoms with van der Waals surface area (Å²) in [5, 5.41) is 17.2. The molecule has 178 valence electrons. The second-order valence-corrected chi connectivity index (χ2v) is 9.38. The lowest BCUT2D eigenvalue weighted by atomic mass is 10.0. The van der Waals surface area contributed by atoms with E-state index >= 15 is 0 Å². The molecule has 0 saturated carbocycles. The fraction of sp³-hybridized carbons (Fsp3) is 0.308. The maximum Gasteiger partial charge on any atom is 0.223 e. The molecule has 3 aromatic heterocycles. The first-order chi connectivity index (χ1) is 17.0. The number of nitriles is 1. The Morgan fingerprint density at radius 2 is 1.89 bits per heavy atom. The summed E-state index contributed by atoms with van der Waals surface area (Å²) >= 11 is 6.27. The van der Waals surface area contributed by atoms with Crippen LogP contribution in [0.3, 0.4) is 0 Å². The lowest BCUT2D eigenvalue weighted by Crippen LogP contribution is -2.36. The molecule has 1 aliphatic heterocycles. The summed E-state index contributed by atoms with van der Waals surface area (Å²) in [5.74, 6) is 0.442. The molecule has 4 aromatic rings. The quantitative estimate of drug-likeness (QED) is 0.396. The summed E-state index contributed by atoms with van der Waals surface area (Å²) in [4.78, 5) is 15.8. The molecule has 1 aromatic carbocycles. The molecular formula is C26H27ClN8. The molecule has 1 fully saturated rings. The summed E-state index contributed by atoms with van der Waals surface area (Å²) in [6.07, 6.45) is 7.38. The Morgan fingerprint density at radius 3 is 2.63 bits per heavy atom. The number of benzene rings is 1. The normalized spacial score (nSPS) is 15.6. The second-order valence-electron chi connectivity index (χ2n) is 8.97. The zero-order valence-electron chi connectivity index (χ0n) is 19.7. The predicted octanol–water partition coefficient (Wildman–Crippen LogP) is 5.00. The predicted molar refractivity (Wildman–Crippen MR) is 139 cm³/mol. The van der Waals surface area contributed by atoms with Crippen LogP contribution in [0.25, 0.3) is 17.0 Å². The minimum atomic E-state index is -0.0233. The molecule has 8 nitrogen and oxygen atoms in total. The monoisotopic (exact) mass is 486 g/mol. The van der Waals surface area contributed by atoms with Gasteiger partial charge in [-0.2, -0.15) is 5.26 Å². The van der Waals surface area contributed by atoms with Crippen LogP contribution in [0.15, 0.2) is 55.0 Å². The van der Waals surface area contributed by atoms with Gasteiger partial charge < -0.3 is 15.5 Å². The Bertz CT molecular complexity index is 1370. The number of aromatic nitrogens is 4. The van der Waals surface area contributed by atoms with Crippen molar-refractivity contribution in [3.05, 3.63) is 71.1 Å². The van der Waals surface area contributed by atoms with E-state index in [1.54, 1.807) is 12.3 Å². The first-order valence-corrected chi connectivity index (χ1v) is 12.1. The first-order valence-electron chi connectivity index (χ1n) is 11.7. The number of halogens is 1. The minimum absolute atomic E-state index is 0.0233. The molecule has 0 spiro atoms. The standard InChI is InChI=1S/C26H27ClN8/c1-17(18-5-7-20(8-6-18)32-21-9-12-34(2)13-10-21)31-26-30-15-19(14-28)24(33-26)23-16-29-25-22(27)4-3-11-35(23)25/h3-8,11,15-17,21,32H,9-10,12-13H2,1-2H3,(H,30,31,33)/t17-/m0/s1. The van der Waals surface area contributed by atoms with Crippen molar-refractivity contribution in [2.45, 2.75) is 31.8 Å². The fourth-order valence-electron chi connectivity index (χ4n) is 4.41. The molecule has 0 bridgehead atoms. The Balaban J connectivity index is 1.33. The third-order valence-corrected chi connectivity index (χ3v) is 6.78. The van der Waals surface area contributed by atoms with Gasteiger partial charge >= 0.3 is 0 Å². The van der Waals surface area contributed by atoms with Gasteiger partial charge in [0.1, 0.15) is 11.8 Å². The molecular weight excluding hydrogens is 460 g/mol. The van der Waals surface area contributed by atoms with Crippen LogP contribution in [0.1, 0.15) is 36.9 Å². The SMILES string of the molecule is C[C@H](Nc1ncc(C#N)c(-c2cnc3c(Cl)cccn23)n1)c1ccc(NC2CCN(C)CC2)cc1. The number of pyridine rings is 1. The summed E-state index contributed by atoms with van der Waals surface area (Å²) < 4.78 is 1.83. The zero-order valence-corrected chi connectivity index (χ0v) is 20.5. The van der Waals surface area contributed by atoms with E-state index in [0.717, 1.165) is 37.2 Å². The van der Waals surface area contributed by atoms with E-state index in [2.05, 4.69) is 74.8 Å². The molecule has 1 atom stereocenters. The van der Waals surface area contributed by atoms with Crippen molar-refractivity contribution in [3.63, 3.8) is 0 Å². The Morgan fingerprint density at radius 1 is 1.11 bits per heavy atom. The van der Waals surface area contributed by atoms with Gasteiger partial charge in [0.05, 0.1) is 34.7 Å². The van der Waals surface area contributed by atoms with E-state index in [4.69, 9.17) is 11.6 Å². The molecule has 4 heterocycles. The van der Waals surface area contributed by atoms with Crippen LogP contribution in [0, 0.1) is 11.3 Å². The van der Waals surface area contributed by atoms with Gasteiger partial charge in [0, 0.05) is 17.9 Å². The highest BCUT2D eigenvalue weighted by Gasteiger charge is 2.18. The highest BCUT2D eigenvalue weighted by Crippen LogP contribution is 2.27. The number of anilines is 2. The third kappa shape index (κ3) is 4.92. The van der Waals surface area contributed by atoms with E-state index in [1.165, 1.54) is 6.20 Å². The number of piperidine rings is 1. The minimum Gasteiger partial charge on any atom is -0.382 e. The van der Waals surface area contributed by atoms with Gasteiger partial charge in [-0.25, -0.2) is 15.0 Å². The number of rotatable bonds is 6.